The monoisotopic (exact) mass is 223 g/mol. The first kappa shape index (κ1) is 9.67. The van der Waals surface area contributed by atoms with Gasteiger partial charge in [-0.2, -0.15) is 5.10 Å². The van der Waals surface area contributed by atoms with E-state index in [0.29, 0.717) is 5.02 Å². The zero-order valence-electron chi connectivity index (χ0n) is 7.50. The number of hydrogen-bond donors (Lipinski definition) is 0. The molecular weight excluding hydrogens is 218 g/mol. The molecule has 1 aromatic heterocycles. The molecule has 1 heterocycles. The van der Waals surface area contributed by atoms with E-state index in [-0.39, 0.29) is 5.69 Å². The van der Waals surface area contributed by atoms with Crippen LogP contribution in [0.25, 0.3) is 5.69 Å². The van der Waals surface area contributed by atoms with Gasteiger partial charge < -0.3 is 0 Å². The van der Waals surface area contributed by atoms with E-state index in [9.17, 15) is 10.1 Å². The summed E-state index contributed by atoms with van der Waals surface area (Å²) in [5.74, 6) is 0. The molecule has 0 atom stereocenters. The van der Waals surface area contributed by atoms with Crippen LogP contribution in [0.15, 0.2) is 36.7 Å². The third kappa shape index (κ3) is 1.97. The Morgan fingerprint density at radius 1 is 1.33 bits per heavy atom. The van der Waals surface area contributed by atoms with Crippen LogP contribution in [0.1, 0.15) is 0 Å². The molecular formula is C9H6ClN3O2. The normalized spacial score (nSPS) is 10.2. The molecule has 0 fully saturated rings. The van der Waals surface area contributed by atoms with E-state index in [1.807, 2.05) is 0 Å². The largest absolute Gasteiger partial charge is 0.269 e. The van der Waals surface area contributed by atoms with Gasteiger partial charge in [0.25, 0.3) is 5.69 Å². The van der Waals surface area contributed by atoms with Crippen molar-refractivity contribution in [1.29, 1.82) is 0 Å². The average Bonchev–Trinajstić information content (AvgIpc) is 2.65. The second kappa shape index (κ2) is 3.70. The zero-order chi connectivity index (χ0) is 10.8. The van der Waals surface area contributed by atoms with E-state index in [0.717, 1.165) is 5.69 Å². The number of hydrogen-bond acceptors (Lipinski definition) is 3. The van der Waals surface area contributed by atoms with Gasteiger partial charge in [0.2, 0.25) is 0 Å². The topological polar surface area (TPSA) is 61.0 Å². The number of rotatable bonds is 2. The maximum Gasteiger partial charge on any atom is 0.269 e. The van der Waals surface area contributed by atoms with Crippen molar-refractivity contribution in [3.05, 3.63) is 51.8 Å². The van der Waals surface area contributed by atoms with Gasteiger partial charge >= 0.3 is 0 Å². The van der Waals surface area contributed by atoms with Crippen molar-refractivity contribution in [2.45, 2.75) is 0 Å². The summed E-state index contributed by atoms with van der Waals surface area (Å²) >= 11 is 5.70. The molecule has 0 aliphatic carbocycles. The summed E-state index contributed by atoms with van der Waals surface area (Å²) in [5.41, 5.74) is 0.782. The Hall–Kier alpha value is -1.88. The molecule has 0 unspecified atom stereocenters. The predicted octanol–water partition coefficient (Wildman–Crippen LogP) is 2.43. The average molecular weight is 224 g/mol. The minimum absolute atomic E-state index is 0.0528. The van der Waals surface area contributed by atoms with Gasteiger partial charge in [0.05, 0.1) is 21.8 Å². The van der Waals surface area contributed by atoms with Gasteiger partial charge in [-0.1, -0.05) is 11.6 Å². The van der Waals surface area contributed by atoms with Gasteiger partial charge in [-0.15, -0.1) is 0 Å². The lowest BCUT2D eigenvalue weighted by atomic mass is 10.3. The lowest BCUT2D eigenvalue weighted by molar-refractivity contribution is -0.384. The molecule has 0 amide bonds. The van der Waals surface area contributed by atoms with Crippen LogP contribution in [0, 0.1) is 10.1 Å². The van der Waals surface area contributed by atoms with Crippen LogP contribution in [0.3, 0.4) is 0 Å². The van der Waals surface area contributed by atoms with E-state index < -0.39 is 4.92 Å². The van der Waals surface area contributed by atoms with Gasteiger partial charge in [-0.3, -0.25) is 10.1 Å². The van der Waals surface area contributed by atoms with Crippen molar-refractivity contribution < 1.29 is 4.92 Å². The Morgan fingerprint density at radius 3 is 2.47 bits per heavy atom. The molecule has 0 saturated heterocycles. The van der Waals surface area contributed by atoms with Gasteiger partial charge in [0.1, 0.15) is 0 Å². The van der Waals surface area contributed by atoms with Crippen LogP contribution in [-0.4, -0.2) is 14.7 Å². The lowest BCUT2D eigenvalue weighted by Crippen LogP contribution is -1.94. The zero-order valence-corrected chi connectivity index (χ0v) is 8.26. The van der Waals surface area contributed by atoms with Crippen molar-refractivity contribution in [2.24, 2.45) is 0 Å². The van der Waals surface area contributed by atoms with Crippen molar-refractivity contribution in [3.63, 3.8) is 0 Å². The summed E-state index contributed by atoms with van der Waals surface area (Å²) < 4.78 is 1.55. The Balaban J connectivity index is 2.35. The van der Waals surface area contributed by atoms with Crippen molar-refractivity contribution in [1.82, 2.24) is 9.78 Å². The molecule has 0 bridgehead atoms. The number of nitro benzene ring substituents is 1. The van der Waals surface area contributed by atoms with Crippen LogP contribution in [0.2, 0.25) is 5.02 Å². The highest BCUT2D eigenvalue weighted by molar-refractivity contribution is 6.30. The van der Waals surface area contributed by atoms with Crippen LogP contribution < -0.4 is 0 Å². The summed E-state index contributed by atoms with van der Waals surface area (Å²) in [4.78, 5) is 9.97. The Labute approximate surface area is 90.1 Å². The Bertz CT molecular complexity index is 492. The van der Waals surface area contributed by atoms with E-state index in [2.05, 4.69) is 5.10 Å². The molecule has 76 valence electrons. The molecule has 0 aliphatic heterocycles. The maximum atomic E-state index is 10.4. The fourth-order valence-corrected chi connectivity index (χ4v) is 1.31. The number of aromatic nitrogens is 2. The van der Waals surface area contributed by atoms with E-state index in [1.54, 1.807) is 23.0 Å². The molecule has 2 aromatic rings. The number of nitro groups is 1. The van der Waals surface area contributed by atoms with Crippen LogP contribution in [0.4, 0.5) is 5.69 Å². The fraction of sp³-hybridized carbons (Fsp3) is 0. The fourth-order valence-electron chi connectivity index (χ4n) is 1.17. The molecule has 2 rings (SSSR count). The number of benzene rings is 1. The van der Waals surface area contributed by atoms with Crippen LogP contribution >= 0.6 is 11.6 Å². The summed E-state index contributed by atoms with van der Waals surface area (Å²) in [7, 11) is 0. The summed E-state index contributed by atoms with van der Waals surface area (Å²) in [6.45, 7) is 0. The van der Waals surface area contributed by atoms with Crippen molar-refractivity contribution in [2.75, 3.05) is 0 Å². The van der Waals surface area contributed by atoms with Gasteiger partial charge in [0, 0.05) is 18.3 Å². The quantitative estimate of drug-likeness (QED) is 0.580. The van der Waals surface area contributed by atoms with Crippen molar-refractivity contribution in [3.8, 4) is 5.69 Å². The van der Waals surface area contributed by atoms with E-state index in [1.165, 1.54) is 18.3 Å². The second-order valence-electron chi connectivity index (χ2n) is 2.88. The summed E-state index contributed by atoms with van der Waals surface area (Å²) in [6, 6.07) is 6.07. The molecule has 6 heteroatoms. The first-order chi connectivity index (χ1) is 7.16. The molecule has 0 radical (unpaired) electrons. The third-order valence-corrected chi connectivity index (χ3v) is 2.07. The molecule has 0 aliphatic rings. The highest BCUT2D eigenvalue weighted by atomic mass is 35.5. The number of halogens is 1. The standard InChI is InChI=1S/C9H6ClN3O2/c10-7-5-11-12(6-7)8-1-3-9(4-2-8)13(14)15/h1-6H. The second-order valence-corrected chi connectivity index (χ2v) is 3.31. The molecule has 5 nitrogen and oxygen atoms in total. The van der Waals surface area contributed by atoms with E-state index in [4.69, 9.17) is 11.6 Å². The van der Waals surface area contributed by atoms with Gasteiger partial charge in [0.15, 0.2) is 0 Å². The number of non-ortho nitro benzene ring substituents is 1. The molecule has 0 spiro atoms. The Kier molecular flexibility index (Phi) is 2.39. The maximum absolute atomic E-state index is 10.4. The van der Waals surface area contributed by atoms with Crippen LogP contribution in [-0.2, 0) is 0 Å². The smallest absolute Gasteiger partial charge is 0.258 e. The highest BCUT2D eigenvalue weighted by Crippen LogP contribution is 2.16. The SMILES string of the molecule is O=[N+]([O-])c1ccc(-n2cc(Cl)cn2)cc1. The van der Waals surface area contributed by atoms with Gasteiger partial charge in [-0.05, 0) is 12.1 Å². The Morgan fingerprint density at radius 2 is 2.00 bits per heavy atom. The minimum Gasteiger partial charge on any atom is -0.258 e. The molecule has 0 saturated carbocycles. The number of nitrogens with zero attached hydrogens (tertiary/aromatic N) is 3. The lowest BCUT2D eigenvalue weighted by Gasteiger charge is -1.99. The summed E-state index contributed by atoms with van der Waals surface area (Å²) in [6.07, 6.45) is 3.13. The first-order valence-corrected chi connectivity index (χ1v) is 4.49. The molecule has 15 heavy (non-hydrogen) atoms. The summed E-state index contributed by atoms with van der Waals surface area (Å²) in [5, 5.41) is 14.9. The minimum atomic E-state index is -0.445. The molecule has 1 aromatic carbocycles. The van der Waals surface area contributed by atoms with Crippen molar-refractivity contribution >= 4 is 17.3 Å². The molecule has 0 N–H and O–H groups in total. The highest BCUT2D eigenvalue weighted by Gasteiger charge is 2.05. The van der Waals surface area contributed by atoms with E-state index >= 15 is 0 Å². The predicted molar refractivity (Wildman–Crippen MR) is 55.2 cm³/mol. The first-order valence-electron chi connectivity index (χ1n) is 4.12. The third-order valence-electron chi connectivity index (χ3n) is 1.88. The van der Waals surface area contributed by atoms with Gasteiger partial charge in [-0.25, -0.2) is 4.68 Å². The van der Waals surface area contributed by atoms with Crippen LogP contribution in [0.5, 0.6) is 0 Å².